The summed E-state index contributed by atoms with van der Waals surface area (Å²) in [5, 5.41) is 16.8. The molecule has 1 aliphatic rings. The second kappa shape index (κ2) is 11.9. The summed E-state index contributed by atoms with van der Waals surface area (Å²) in [6, 6.07) is 22.7. The second-order valence-corrected chi connectivity index (χ2v) is 8.77. The number of benzene rings is 3. The van der Waals surface area contributed by atoms with Gasteiger partial charge in [-0.25, -0.2) is 4.79 Å². The van der Waals surface area contributed by atoms with E-state index in [0.29, 0.717) is 29.0 Å². The van der Waals surface area contributed by atoms with Crippen LogP contribution in [0.25, 0.3) is 0 Å². The molecule has 1 aliphatic heterocycles. The van der Waals surface area contributed by atoms with Gasteiger partial charge in [-0.3, -0.25) is 19.9 Å². The highest BCUT2D eigenvalue weighted by Gasteiger charge is 2.33. The molecule has 4 N–H and O–H groups in total. The largest absolute Gasteiger partial charge is 0.490 e. The molecular formula is C28H28N4O6. The normalized spacial score (nSPS) is 14.6. The molecule has 1 heterocycles. The number of hydrogen-bond acceptors (Lipinski definition) is 6. The molecule has 1 fully saturated rings. The predicted octanol–water partition coefficient (Wildman–Crippen LogP) is 3.14. The Kier molecular flexibility index (Phi) is 8.22. The number of nitrogen functional groups attached to an aromatic ring is 1. The smallest absolute Gasteiger partial charge is 0.414 e. The van der Waals surface area contributed by atoms with Gasteiger partial charge in [-0.2, -0.15) is 0 Å². The highest BCUT2D eigenvalue weighted by Crippen LogP contribution is 2.23. The molecule has 3 aromatic rings. The Balaban J connectivity index is 1.36. The van der Waals surface area contributed by atoms with E-state index in [9.17, 15) is 19.5 Å². The van der Waals surface area contributed by atoms with E-state index in [1.807, 2.05) is 30.3 Å². The number of carboxylic acids is 1. The third-order valence-electron chi connectivity index (χ3n) is 6.01. The van der Waals surface area contributed by atoms with Gasteiger partial charge in [0.1, 0.15) is 24.7 Å². The van der Waals surface area contributed by atoms with Crippen LogP contribution in [-0.2, 0) is 16.0 Å². The van der Waals surface area contributed by atoms with Gasteiger partial charge in [0.2, 0.25) is 0 Å². The molecular weight excluding hydrogens is 488 g/mol. The molecule has 2 amide bonds. The summed E-state index contributed by atoms with van der Waals surface area (Å²) in [6.07, 6.45) is -0.526. The minimum Gasteiger partial charge on any atom is -0.490 e. The van der Waals surface area contributed by atoms with Gasteiger partial charge in [0.15, 0.2) is 6.10 Å². The lowest BCUT2D eigenvalue weighted by Gasteiger charge is -2.21. The fourth-order valence-corrected chi connectivity index (χ4v) is 4.06. The topological polar surface area (TPSA) is 146 Å². The highest BCUT2D eigenvalue weighted by atomic mass is 16.6. The monoisotopic (exact) mass is 516 g/mol. The van der Waals surface area contributed by atoms with Crippen LogP contribution in [0.3, 0.4) is 0 Å². The van der Waals surface area contributed by atoms with Crippen molar-refractivity contribution in [3.63, 3.8) is 0 Å². The van der Waals surface area contributed by atoms with Crippen molar-refractivity contribution >= 4 is 29.5 Å². The second-order valence-electron chi connectivity index (χ2n) is 8.77. The summed E-state index contributed by atoms with van der Waals surface area (Å²) in [7, 11) is 0. The van der Waals surface area contributed by atoms with Gasteiger partial charge in [-0.1, -0.05) is 36.4 Å². The maximum atomic E-state index is 13.1. The highest BCUT2D eigenvalue weighted by molar-refractivity contribution is 5.97. The van der Waals surface area contributed by atoms with Gasteiger partial charge < -0.3 is 25.2 Å². The van der Waals surface area contributed by atoms with Gasteiger partial charge >= 0.3 is 12.1 Å². The molecule has 0 radical (unpaired) electrons. The van der Waals surface area contributed by atoms with E-state index in [-0.39, 0.29) is 25.5 Å². The van der Waals surface area contributed by atoms with Crippen molar-refractivity contribution in [2.75, 3.05) is 31.1 Å². The lowest BCUT2D eigenvalue weighted by molar-refractivity contribution is -0.137. The third-order valence-corrected chi connectivity index (χ3v) is 6.01. The van der Waals surface area contributed by atoms with Crippen molar-refractivity contribution in [1.82, 2.24) is 4.90 Å². The number of nitrogens with one attached hydrogen (secondary N) is 1. The van der Waals surface area contributed by atoms with Crippen LogP contribution in [0.15, 0.2) is 78.9 Å². The van der Waals surface area contributed by atoms with Crippen LogP contribution < -0.4 is 15.4 Å². The average molecular weight is 517 g/mol. The van der Waals surface area contributed by atoms with Crippen molar-refractivity contribution in [3.8, 4) is 5.75 Å². The number of aliphatic carboxylic acids is 1. The van der Waals surface area contributed by atoms with Gasteiger partial charge in [-0.15, -0.1) is 0 Å². The summed E-state index contributed by atoms with van der Waals surface area (Å²) in [5.74, 6) is -1.17. The van der Waals surface area contributed by atoms with Crippen molar-refractivity contribution in [1.29, 1.82) is 5.41 Å². The average Bonchev–Trinajstić information content (AvgIpc) is 3.30. The first-order valence-corrected chi connectivity index (χ1v) is 12.0. The summed E-state index contributed by atoms with van der Waals surface area (Å²) in [6.45, 7) is 0.167. The molecule has 10 nitrogen and oxygen atoms in total. The van der Waals surface area contributed by atoms with Crippen LogP contribution in [0.4, 0.5) is 10.5 Å². The molecule has 1 saturated heterocycles. The number of amidine groups is 1. The number of cyclic esters (lactones) is 1. The Bertz CT molecular complexity index is 1310. The lowest BCUT2D eigenvalue weighted by Crippen LogP contribution is -2.37. The van der Waals surface area contributed by atoms with E-state index < -0.39 is 30.6 Å². The van der Waals surface area contributed by atoms with Crippen LogP contribution in [0.5, 0.6) is 5.75 Å². The summed E-state index contributed by atoms with van der Waals surface area (Å²) < 4.78 is 11.2. The summed E-state index contributed by atoms with van der Waals surface area (Å²) in [5.41, 5.74) is 7.95. The quantitative estimate of drug-likeness (QED) is 0.262. The van der Waals surface area contributed by atoms with Crippen LogP contribution >= 0.6 is 0 Å². The Morgan fingerprint density at radius 3 is 2.47 bits per heavy atom. The van der Waals surface area contributed by atoms with E-state index in [1.54, 1.807) is 48.5 Å². The first-order valence-electron chi connectivity index (χ1n) is 12.0. The van der Waals surface area contributed by atoms with Crippen molar-refractivity contribution in [3.05, 3.63) is 95.6 Å². The van der Waals surface area contributed by atoms with Crippen molar-refractivity contribution < 1.29 is 29.0 Å². The number of ether oxygens (including phenoxy) is 2. The minimum absolute atomic E-state index is 0.0604. The van der Waals surface area contributed by atoms with Gasteiger partial charge in [0.25, 0.3) is 5.91 Å². The zero-order chi connectivity index (χ0) is 27.1. The molecule has 196 valence electrons. The standard InChI is InChI=1S/C28H28N4O6/c29-26(30)20-9-11-22(12-10-20)32-16-24(38-28(32)36)18-37-23-8-4-7-21(15-23)27(35)31(17-25(33)34)14-13-19-5-2-1-3-6-19/h1-12,15,24H,13-14,16-18H2,(H3,29,30)(H,33,34). The number of nitrogens with two attached hydrogens (primary N) is 1. The maximum absolute atomic E-state index is 13.1. The SMILES string of the molecule is N=C(N)c1ccc(N2CC(COc3cccc(C(=O)N(CCc4ccccc4)CC(=O)O)c3)OC2=O)cc1. The van der Waals surface area contributed by atoms with Gasteiger partial charge in [0.05, 0.1) is 6.54 Å². The molecule has 0 bridgehead atoms. The fourth-order valence-electron chi connectivity index (χ4n) is 4.06. The number of hydrogen-bond donors (Lipinski definition) is 3. The Morgan fingerprint density at radius 1 is 1.05 bits per heavy atom. The van der Waals surface area contributed by atoms with Crippen molar-refractivity contribution in [2.45, 2.75) is 12.5 Å². The van der Waals surface area contributed by atoms with Gasteiger partial charge in [-0.05, 0) is 54.4 Å². The fraction of sp³-hybridized carbons (Fsp3) is 0.214. The van der Waals surface area contributed by atoms with E-state index >= 15 is 0 Å². The van der Waals surface area contributed by atoms with E-state index in [4.69, 9.17) is 20.6 Å². The summed E-state index contributed by atoms with van der Waals surface area (Å²) >= 11 is 0. The molecule has 10 heteroatoms. The van der Waals surface area contributed by atoms with Gasteiger partial charge in [0, 0.05) is 23.4 Å². The molecule has 0 saturated carbocycles. The van der Waals surface area contributed by atoms with Crippen molar-refractivity contribution in [2.24, 2.45) is 5.73 Å². The van der Waals surface area contributed by atoms with Crippen LogP contribution in [0.1, 0.15) is 21.5 Å². The number of nitrogens with zero attached hydrogens (tertiary/aromatic N) is 2. The number of carbonyl (C=O) groups is 3. The van der Waals surface area contributed by atoms with Crippen LogP contribution in [0, 0.1) is 5.41 Å². The minimum atomic E-state index is -1.10. The van der Waals surface area contributed by atoms with Crippen LogP contribution in [0.2, 0.25) is 0 Å². The van der Waals surface area contributed by atoms with Crippen LogP contribution in [-0.4, -0.2) is 66.2 Å². The molecule has 1 unspecified atom stereocenters. The third kappa shape index (κ3) is 6.67. The van der Waals surface area contributed by atoms with E-state index in [2.05, 4.69) is 0 Å². The predicted molar refractivity (Wildman–Crippen MR) is 141 cm³/mol. The first kappa shape index (κ1) is 26.2. The molecule has 0 spiro atoms. The summed E-state index contributed by atoms with van der Waals surface area (Å²) in [4.78, 5) is 39.7. The Hall–Kier alpha value is -4.86. The molecule has 0 aliphatic carbocycles. The molecule has 1 atom stereocenters. The number of amides is 2. The molecule has 4 rings (SSSR count). The molecule has 38 heavy (non-hydrogen) atoms. The molecule has 0 aromatic heterocycles. The molecule has 3 aromatic carbocycles. The van der Waals surface area contributed by atoms with E-state index in [1.165, 1.54) is 9.80 Å². The number of carboxylic acid groups (broad SMARTS) is 1. The number of carbonyl (C=O) groups excluding carboxylic acids is 2. The zero-order valence-electron chi connectivity index (χ0n) is 20.6. The zero-order valence-corrected chi connectivity index (χ0v) is 20.6. The maximum Gasteiger partial charge on any atom is 0.414 e. The lowest BCUT2D eigenvalue weighted by atomic mass is 10.1. The van der Waals surface area contributed by atoms with E-state index in [0.717, 1.165) is 5.56 Å². The number of anilines is 1. The first-order chi connectivity index (χ1) is 18.3. The number of rotatable bonds is 11. The Morgan fingerprint density at radius 2 is 1.79 bits per heavy atom. The Labute approximate surface area is 219 Å².